The Morgan fingerprint density at radius 3 is 2.75 bits per heavy atom. The molecule has 0 unspecified atom stereocenters. The second-order valence-electron chi connectivity index (χ2n) is 3.88. The number of nitrogens with zero attached hydrogens (tertiary/aromatic N) is 1. The monoisotopic (exact) mass is 219 g/mol. The standard InChI is InChI=1S/C13H14FNO/c1-15(10-13-6-3-7-16-13)9-11-4-2-5-12(14)8-11/h2-8H,9-10H2,1H3. The Balaban J connectivity index is 1.94. The van der Waals surface area contributed by atoms with Crippen molar-refractivity contribution in [2.24, 2.45) is 0 Å². The quantitative estimate of drug-likeness (QED) is 0.785. The normalized spacial score (nSPS) is 10.9. The zero-order valence-electron chi connectivity index (χ0n) is 9.19. The van der Waals surface area contributed by atoms with Crippen LogP contribution < -0.4 is 0 Å². The fourth-order valence-corrected chi connectivity index (χ4v) is 1.67. The van der Waals surface area contributed by atoms with E-state index in [-0.39, 0.29) is 5.82 Å². The van der Waals surface area contributed by atoms with E-state index in [1.165, 1.54) is 6.07 Å². The van der Waals surface area contributed by atoms with E-state index in [9.17, 15) is 4.39 Å². The zero-order valence-corrected chi connectivity index (χ0v) is 9.19. The lowest BCUT2D eigenvalue weighted by atomic mass is 10.2. The van der Waals surface area contributed by atoms with Crippen LogP contribution in [0.5, 0.6) is 0 Å². The van der Waals surface area contributed by atoms with Gasteiger partial charge in [0.05, 0.1) is 12.8 Å². The summed E-state index contributed by atoms with van der Waals surface area (Å²) in [5.74, 6) is 0.725. The molecule has 0 bridgehead atoms. The molecule has 2 aromatic rings. The van der Waals surface area contributed by atoms with Crippen LogP contribution >= 0.6 is 0 Å². The fourth-order valence-electron chi connectivity index (χ4n) is 1.67. The summed E-state index contributed by atoms with van der Waals surface area (Å²) in [6, 6.07) is 10.5. The van der Waals surface area contributed by atoms with Crippen LogP contribution in [0.3, 0.4) is 0 Å². The molecule has 1 aromatic heterocycles. The summed E-state index contributed by atoms with van der Waals surface area (Å²) in [5, 5.41) is 0. The average molecular weight is 219 g/mol. The van der Waals surface area contributed by atoms with Crippen molar-refractivity contribution in [3.8, 4) is 0 Å². The highest BCUT2D eigenvalue weighted by Crippen LogP contribution is 2.09. The van der Waals surface area contributed by atoms with Crippen molar-refractivity contribution >= 4 is 0 Å². The Labute approximate surface area is 94.3 Å². The van der Waals surface area contributed by atoms with Gasteiger partial charge in [-0.1, -0.05) is 12.1 Å². The molecule has 1 heterocycles. The van der Waals surface area contributed by atoms with Gasteiger partial charge in [0, 0.05) is 6.54 Å². The zero-order chi connectivity index (χ0) is 11.4. The van der Waals surface area contributed by atoms with Gasteiger partial charge < -0.3 is 4.42 Å². The summed E-state index contributed by atoms with van der Waals surface area (Å²) >= 11 is 0. The lowest BCUT2D eigenvalue weighted by Crippen LogP contribution is -2.16. The summed E-state index contributed by atoms with van der Waals surface area (Å²) in [4.78, 5) is 2.08. The predicted octanol–water partition coefficient (Wildman–Crippen LogP) is 3.05. The van der Waals surface area contributed by atoms with Crippen LogP contribution in [0.4, 0.5) is 4.39 Å². The molecule has 0 aliphatic carbocycles. The molecule has 0 fully saturated rings. The van der Waals surface area contributed by atoms with Gasteiger partial charge in [0.2, 0.25) is 0 Å². The van der Waals surface area contributed by atoms with E-state index < -0.39 is 0 Å². The Hall–Kier alpha value is -1.61. The van der Waals surface area contributed by atoms with Crippen LogP contribution in [0, 0.1) is 5.82 Å². The van der Waals surface area contributed by atoms with E-state index in [2.05, 4.69) is 4.90 Å². The van der Waals surface area contributed by atoms with Crippen LogP contribution in [-0.4, -0.2) is 11.9 Å². The smallest absolute Gasteiger partial charge is 0.123 e. The summed E-state index contributed by atoms with van der Waals surface area (Å²) in [6.07, 6.45) is 1.66. The minimum atomic E-state index is -0.191. The van der Waals surface area contributed by atoms with Crippen molar-refractivity contribution in [2.75, 3.05) is 7.05 Å². The van der Waals surface area contributed by atoms with Gasteiger partial charge >= 0.3 is 0 Å². The molecule has 0 N–H and O–H groups in total. The Kier molecular flexibility index (Phi) is 3.37. The number of rotatable bonds is 4. The van der Waals surface area contributed by atoms with Crippen LogP contribution in [-0.2, 0) is 13.1 Å². The first-order chi connectivity index (χ1) is 7.74. The summed E-state index contributed by atoms with van der Waals surface area (Å²) < 4.78 is 18.2. The maximum atomic E-state index is 13.0. The highest BCUT2D eigenvalue weighted by atomic mass is 19.1. The van der Waals surface area contributed by atoms with E-state index in [4.69, 9.17) is 4.42 Å². The topological polar surface area (TPSA) is 16.4 Å². The molecular weight excluding hydrogens is 205 g/mol. The maximum Gasteiger partial charge on any atom is 0.123 e. The van der Waals surface area contributed by atoms with Gasteiger partial charge in [0.25, 0.3) is 0 Å². The molecule has 0 aliphatic heterocycles. The lowest BCUT2D eigenvalue weighted by Gasteiger charge is -2.14. The number of furan rings is 1. The molecule has 16 heavy (non-hydrogen) atoms. The Morgan fingerprint density at radius 2 is 2.06 bits per heavy atom. The molecule has 0 spiro atoms. The Bertz CT molecular complexity index is 439. The molecule has 3 heteroatoms. The van der Waals surface area contributed by atoms with E-state index in [0.29, 0.717) is 6.54 Å². The number of halogens is 1. The number of hydrogen-bond donors (Lipinski definition) is 0. The first kappa shape index (κ1) is 10.9. The van der Waals surface area contributed by atoms with Crippen molar-refractivity contribution < 1.29 is 8.81 Å². The largest absolute Gasteiger partial charge is 0.468 e. The second-order valence-corrected chi connectivity index (χ2v) is 3.88. The van der Waals surface area contributed by atoms with Crippen molar-refractivity contribution in [3.05, 3.63) is 59.8 Å². The first-order valence-corrected chi connectivity index (χ1v) is 5.19. The highest BCUT2D eigenvalue weighted by molar-refractivity contribution is 5.16. The summed E-state index contributed by atoms with van der Waals surface area (Å²) in [6.45, 7) is 1.43. The molecule has 0 amide bonds. The predicted molar refractivity (Wildman–Crippen MR) is 60.3 cm³/mol. The maximum absolute atomic E-state index is 13.0. The number of benzene rings is 1. The molecule has 2 rings (SSSR count). The second kappa shape index (κ2) is 4.94. The van der Waals surface area contributed by atoms with Gasteiger partial charge in [-0.25, -0.2) is 4.39 Å². The van der Waals surface area contributed by atoms with Gasteiger partial charge in [-0.05, 0) is 36.9 Å². The third-order valence-electron chi connectivity index (χ3n) is 2.35. The molecule has 0 saturated heterocycles. The minimum Gasteiger partial charge on any atom is -0.468 e. The fraction of sp³-hybridized carbons (Fsp3) is 0.231. The van der Waals surface area contributed by atoms with Crippen LogP contribution in [0.2, 0.25) is 0 Å². The SMILES string of the molecule is CN(Cc1cccc(F)c1)Cc1ccco1. The molecule has 84 valence electrons. The number of hydrogen-bond acceptors (Lipinski definition) is 2. The average Bonchev–Trinajstić information content (AvgIpc) is 2.70. The molecule has 2 nitrogen and oxygen atoms in total. The molecule has 1 aromatic carbocycles. The third-order valence-corrected chi connectivity index (χ3v) is 2.35. The van der Waals surface area contributed by atoms with Crippen molar-refractivity contribution in [2.45, 2.75) is 13.1 Å². The lowest BCUT2D eigenvalue weighted by molar-refractivity contribution is 0.287. The molecule has 0 radical (unpaired) electrons. The summed E-state index contributed by atoms with van der Waals surface area (Å²) in [7, 11) is 1.98. The van der Waals surface area contributed by atoms with Crippen LogP contribution in [0.25, 0.3) is 0 Å². The van der Waals surface area contributed by atoms with Gasteiger partial charge in [-0.15, -0.1) is 0 Å². The summed E-state index contributed by atoms with van der Waals surface area (Å²) in [5.41, 5.74) is 0.967. The first-order valence-electron chi connectivity index (χ1n) is 5.19. The van der Waals surface area contributed by atoms with Gasteiger partial charge in [0.15, 0.2) is 0 Å². The van der Waals surface area contributed by atoms with E-state index in [1.54, 1.807) is 18.4 Å². The highest BCUT2D eigenvalue weighted by Gasteiger charge is 2.04. The van der Waals surface area contributed by atoms with E-state index in [0.717, 1.165) is 17.9 Å². The third kappa shape index (κ3) is 2.94. The van der Waals surface area contributed by atoms with Gasteiger partial charge in [0.1, 0.15) is 11.6 Å². The van der Waals surface area contributed by atoms with Crippen molar-refractivity contribution in [3.63, 3.8) is 0 Å². The van der Waals surface area contributed by atoms with Crippen LogP contribution in [0.1, 0.15) is 11.3 Å². The Morgan fingerprint density at radius 1 is 1.19 bits per heavy atom. The molecular formula is C13H14FNO. The van der Waals surface area contributed by atoms with E-state index >= 15 is 0 Å². The van der Waals surface area contributed by atoms with Gasteiger partial charge in [-0.3, -0.25) is 4.90 Å². The van der Waals surface area contributed by atoms with Crippen molar-refractivity contribution in [1.29, 1.82) is 0 Å². The molecule has 0 atom stereocenters. The van der Waals surface area contributed by atoms with Gasteiger partial charge in [-0.2, -0.15) is 0 Å². The minimum absolute atomic E-state index is 0.191. The van der Waals surface area contributed by atoms with E-state index in [1.807, 2.05) is 25.2 Å². The van der Waals surface area contributed by atoms with Crippen LogP contribution in [0.15, 0.2) is 47.1 Å². The van der Waals surface area contributed by atoms with Crippen molar-refractivity contribution in [1.82, 2.24) is 4.90 Å². The molecule has 0 saturated carbocycles. The molecule has 0 aliphatic rings.